The highest BCUT2D eigenvalue weighted by atomic mass is 16.3. The molecule has 1 aromatic carbocycles. The van der Waals surface area contributed by atoms with Gasteiger partial charge in [0.1, 0.15) is 0 Å². The highest BCUT2D eigenvalue weighted by Crippen LogP contribution is 2.29. The molecule has 0 amide bonds. The van der Waals surface area contributed by atoms with E-state index >= 15 is 0 Å². The molecule has 1 saturated heterocycles. The minimum absolute atomic E-state index is 0.423. The highest BCUT2D eigenvalue weighted by molar-refractivity contribution is 5.80. The summed E-state index contributed by atoms with van der Waals surface area (Å²) in [5, 5.41) is 15.9. The van der Waals surface area contributed by atoms with Gasteiger partial charge in [0.25, 0.3) is 0 Å². The fraction of sp³-hybridized carbons (Fsp3) is 0.421. The van der Waals surface area contributed by atoms with E-state index in [2.05, 4.69) is 45.3 Å². The summed E-state index contributed by atoms with van der Waals surface area (Å²) in [6.07, 6.45) is 6.35. The Morgan fingerprint density at radius 3 is 3.04 bits per heavy atom. The van der Waals surface area contributed by atoms with Crippen LogP contribution in [0.25, 0.3) is 10.9 Å². The van der Waals surface area contributed by atoms with Crippen molar-refractivity contribution in [1.82, 2.24) is 19.7 Å². The molecule has 1 aliphatic heterocycles. The standard InChI is InChI=1S/C19H24N4O/c1-22-12-15(11-20-22)19(24)10-17-6-4-8-23(17)13-16-9-14-5-2-3-7-18(14)21-16/h2-3,5,7,9,11-12,17,19,21,24H,4,6,8,10,13H2,1H3. The lowest BCUT2D eigenvalue weighted by Crippen LogP contribution is -2.30. The van der Waals surface area contributed by atoms with Crippen LogP contribution in [-0.2, 0) is 13.6 Å². The van der Waals surface area contributed by atoms with E-state index in [9.17, 15) is 5.11 Å². The molecular formula is C19H24N4O. The molecule has 3 aromatic rings. The van der Waals surface area contributed by atoms with Gasteiger partial charge in [0.15, 0.2) is 0 Å². The van der Waals surface area contributed by atoms with Gasteiger partial charge in [-0.2, -0.15) is 5.10 Å². The van der Waals surface area contributed by atoms with Gasteiger partial charge in [0, 0.05) is 42.6 Å². The summed E-state index contributed by atoms with van der Waals surface area (Å²) >= 11 is 0. The molecule has 2 N–H and O–H groups in total. The van der Waals surface area contributed by atoms with E-state index < -0.39 is 6.10 Å². The molecule has 2 atom stereocenters. The Morgan fingerprint density at radius 2 is 2.25 bits per heavy atom. The summed E-state index contributed by atoms with van der Waals surface area (Å²) < 4.78 is 1.75. The second-order valence-electron chi connectivity index (χ2n) is 6.85. The van der Waals surface area contributed by atoms with Gasteiger partial charge in [-0.15, -0.1) is 0 Å². The molecule has 3 heterocycles. The number of nitrogens with zero attached hydrogens (tertiary/aromatic N) is 3. The SMILES string of the molecule is Cn1cc(C(O)CC2CCCN2Cc2cc3ccccc3[nH]2)cn1. The Bertz CT molecular complexity index is 789. The number of para-hydroxylation sites is 1. The average Bonchev–Trinajstić information content (AvgIpc) is 3.27. The zero-order valence-electron chi connectivity index (χ0n) is 14.0. The summed E-state index contributed by atoms with van der Waals surface area (Å²) in [5.74, 6) is 0. The average molecular weight is 324 g/mol. The first-order valence-corrected chi connectivity index (χ1v) is 8.66. The number of hydrogen-bond donors (Lipinski definition) is 2. The topological polar surface area (TPSA) is 57.1 Å². The third-order valence-electron chi connectivity index (χ3n) is 5.06. The van der Waals surface area contributed by atoms with Gasteiger partial charge in [-0.05, 0) is 43.3 Å². The van der Waals surface area contributed by atoms with Crippen molar-refractivity contribution in [2.24, 2.45) is 7.05 Å². The number of nitrogens with one attached hydrogen (secondary N) is 1. The van der Waals surface area contributed by atoms with E-state index in [-0.39, 0.29) is 0 Å². The molecule has 1 fully saturated rings. The molecule has 0 spiro atoms. The van der Waals surface area contributed by atoms with E-state index in [1.165, 1.54) is 23.0 Å². The maximum atomic E-state index is 10.5. The van der Waals surface area contributed by atoms with E-state index in [0.29, 0.717) is 6.04 Å². The molecule has 0 saturated carbocycles. The smallest absolute Gasteiger partial charge is 0.0835 e. The number of benzene rings is 1. The maximum absolute atomic E-state index is 10.5. The van der Waals surface area contributed by atoms with Gasteiger partial charge in [0.2, 0.25) is 0 Å². The Hall–Kier alpha value is -2.11. The van der Waals surface area contributed by atoms with E-state index in [1.807, 2.05) is 13.2 Å². The molecule has 5 heteroatoms. The Kier molecular flexibility index (Phi) is 4.12. The zero-order valence-corrected chi connectivity index (χ0v) is 14.0. The van der Waals surface area contributed by atoms with Crippen molar-refractivity contribution in [3.05, 3.63) is 54.0 Å². The largest absolute Gasteiger partial charge is 0.388 e. The van der Waals surface area contributed by atoms with Crippen LogP contribution in [0.1, 0.15) is 36.6 Å². The molecule has 2 aromatic heterocycles. The lowest BCUT2D eigenvalue weighted by atomic mass is 10.0. The third kappa shape index (κ3) is 3.09. The summed E-state index contributed by atoms with van der Waals surface area (Å²) in [7, 11) is 1.88. The van der Waals surface area contributed by atoms with Gasteiger partial charge in [0.05, 0.1) is 12.3 Å². The monoisotopic (exact) mass is 324 g/mol. The zero-order chi connectivity index (χ0) is 16.5. The van der Waals surface area contributed by atoms with E-state index in [1.54, 1.807) is 10.9 Å². The minimum Gasteiger partial charge on any atom is -0.388 e. The molecule has 1 aliphatic rings. The van der Waals surface area contributed by atoms with Crippen LogP contribution in [0.2, 0.25) is 0 Å². The lowest BCUT2D eigenvalue weighted by Gasteiger charge is -2.25. The number of hydrogen-bond acceptors (Lipinski definition) is 3. The first-order valence-electron chi connectivity index (χ1n) is 8.66. The molecule has 5 nitrogen and oxygen atoms in total. The summed E-state index contributed by atoms with van der Waals surface area (Å²) in [4.78, 5) is 6.00. The number of aliphatic hydroxyl groups is 1. The van der Waals surface area contributed by atoms with Crippen LogP contribution in [0, 0.1) is 0 Å². The second-order valence-corrected chi connectivity index (χ2v) is 6.85. The number of rotatable bonds is 5. The number of likely N-dealkylation sites (tertiary alicyclic amines) is 1. The van der Waals surface area contributed by atoms with Crippen LogP contribution >= 0.6 is 0 Å². The molecule has 0 bridgehead atoms. The van der Waals surface area contributed by atoms with Crippen molar-refractivity contribution in [3.8, 4) is 0 Å². The summed E-state index contributed by atoms with van der Waals surface area (Å²) in [5.41, 5.74) is 3.35. The molecule has 4 rings (SSSR count). The Labute approximate surface area is 141 Å². The van der Waals surface area contributed by atoms with Gasteiger partial charge in [-0.25, -0.2) is 0 Å². The van der Waals surface area contributed by atoms with Crippen LogP contribution in [0.15, 0.2) is 42.7 Å². The number of fused-ring (bicyclic) bond motifs is 1. The third-order valence-corrected chi connectivity index (χ3v) is 5.06. The summed E-state index contributed by atoms with van der Waals surface area (Å²) in [6.45, 7) is 2.01. The van der Waals surface area contributed by atoms with Crippen molar-refractivity contribution in [2.45, 2.75) is 38.0 Å². The van der Waals surface area contributed by atoms with Crippen LogP contribution in [0.4, 0.5) is 0 Å². The van der Waals surface area contributed by atoms with E-state index in [4.69, 9.17) is 0 Å². The van der Waals surface area contributed by atoms with Gasteiger partial charge >= 0.3 is 0 Å². The summed E-state index contributed by atoms with van der Waals surface area (Å²) in [6, 6.07) is 11.1. The van der Waals surface area contributed by atoms with Crippen molar-refractivity contribution in [2.75, 3.05) is 6.54 Å². The molecule has 2 unspecified atom stereocenters. The highest BCUT2D eigenvalue weighted by Gasteiger charge is 2.27. The number of aliphatic hydroxyl groups excluding tert-OH is 1. The molecule has 24 heavy (non-hydrogen) atoms. The van der Waals surface area contributed by atoms with Crippen molar-refractivity contribution >= 4 is 10.9 Å². The van der Waals surface area contributed by atoms with Crippen molar-refractivity contribution in [3.63, 3.8) is 0 Å². The second kappa shape index (κ2) is 6.42. The lowest BCUT2D eigenvalue weighted by molar-refractivity contribution is 0.117. The van der Waals surface area contributed by atoms with Gasteiger partial charge in [-0.1, -0.05) is 18.2 Å². The fourth-order valence-corrected chi connectivity index (χ4v) is 3.81. The van der Waals surface area contributed by atoms with Crippen LogP contribution in [0.5, 0.6) is 0 Å². The number of aryl methyl sites for hydroxylation is 1. The first kappa shape index (κ1) is 15.4. The van der Waals surface area contributed by atoms with Crippen molar-refractivity contribution in [1.29, 1.82) is 0 Å². The predicted molar refractivity (Wildman–Crippen MR) is 94.5 cm³/mol. The van der Waals surface area contributed by atoms with Crippen LogP contribution < -0.4 is 0 Å². The van der Waals surface area contributed by atoms with Crippen LogP contribution in [-0.4, -0.2) is 37.4 Å². The quantitative estimate of drug-likeness (QED) is 0.758. The first-order chi connectivity index (χ1) is 11.7. The van der Waals surface area contributed by atoms with Gasteiger partial charge < -0.3 is 10.1 Å². The predicted octanol–water partition coefficient (Wildman–Crippen LogP) is 2.99. The fourth-order valence-electron chi connectivity index (χ4n) is 3.81. The minimum atomic E-state index is -0.438. The molecular weight excluding hydrogens is 300 g/mol. The molecule has 126 valence electrons. The Balaban J connectivity index is 1.44. The van der Waals surface area contributed by atoms with E-state index in [0.717, 1.165) is 31.5 Å². The van der Waals surface area contributed by atoms with Crippen LogP contribution in [0.3, 0.4) is 0 Å². The molecule has 0 aliphatic carbocycles. The number of aromatic amines is 1. The normalized spacial score (nSPS) is 20.0. The number of H-pyrrole nitrogens is 1. The number of aromatic nitrogens is 3. The maximum Gasteiger partial charge on any atom is 0.0835 e. The van der Waals surface area contributed by atoms with Crippen molar-refractivity contribution < 1.29 is 5.11 Å². The Morgan fingerprint density at radius 1 is 1.38 bits per heavy atom. The van der Waals surface area contributed by atoms with Gasteiger partial charge in [-0.3, -0.25) is 9.58 Å². The molecule has 0 radical (unpaired) electrons.